The first-order chi connectivity index (χ1) is 22.5. The molecule has 0 atom stereocenters. The Morgan fingerprint density at radius 1 is 0.283 bits per heavy atom. The molecule has 3 aliphatic rings. The standard InChI is InChI=1S/C32H44O14/c33-29-17-25-21-43-13-9-39-5-1-37-2-6-40-10-14-44-22-26-18-30(34)20-28(32(26)36)24-46-16-12-42-8-4-38-3-7-41-11-15-45-23-27(19-29)31(25)35/h17-20H,1-16,21-24H2. The fraction of sp³-hybridized carbons (Fsp3) is 0.625. The quantitative estimate of drug-likeness (QED) is 0.326. The summed E-state index contributed by atoms with van der Waals surface area (Å²) in [6, 6.07) is 0. The summed E-state index contributed by atoms with van der Waals surface area (Å²) in [6.45, 7) is 5.00. The van der Waals surface area contributed by atoms with Crippen LogP contribution in [0.3, 0.4) is 0 Å². The second-order valence-electron chi connectivity index (χ2n) is 10.0. The first kappa shape index (κ1) is 37.7. The van der Waals surface area contributed by atoms with Gasteiger partial charge < -0.3 is 47.4 Å². The Labute approximate surface area is 268 Å². The number of carbonyl (C=O) groups excluding carboxylic acids is 4. The van der Waals surface area contributed by atoms with Crippen LogP contribution >= 0.6 is 0 Å². The van der Waals surface area contributed by atoms with Gasteiger partial charge in [0.2, 0.25) is 0 Å². The summed E-state index contributed by atoms with van der Waals surface area (Å²) in [4.78, 5) is 49.4. The van der Waals surface area contributed by atoms with Gasteiger partial charge in [-0.1, -0.05) is 0 Å². The van der Waals surface area contributed by atoms with Crippen LogP contribution < -0.4 is 0 Å². The summed E-state index contributed by atoms with van der Waals surface area (Å²) < 4.78 is 54.8. The van der Waals surface area contributed by atoms with Crippen LogP contribution in [0.2, 0.25) is 0 Å². The maximum absolute atomic E-state index is 12.7. The number of hydrogen-bond acceptors (Lipinski definition) is 14. The highest BCUT2D eigenvalue weighted by atomic mass is 16.6. The maximum Gasteiger partial charge on any atom is 0.189 e. The lowest BCUT2D eigenvalue weighted by Gasteiger charge is -2.15. The second-order valence-corrected chi connectivity index (χ2v) is 10.0. The summed E-state index contributed by atoms with van der Waals surface area (Å²) in [5, 5.41) is 0. The molecule has 14 nitrogen and oxygen atoms in total. The fourth-order valence-electron chi connectivity index (χ4n) is 4.16. The predicted octanol–water partition coefficient (Wildman–Crippen LogP) is 0.175. The molecule has 3 rings (SSSR count). The Morgan fingerprint density at radius 3 is 0.652 bits per heavy atom. The smallest absolute Gasteiger partial charge is 0.189 e. The Balaban J connectivity index is 1.36. The molecule has 0 N–H and O–H groups in total. The van der Waals surface area contributed by atoms with Gasteiger partial charge in [-0.2, -0.15) is 0 Å². The van der Waals surface area contributed by atoms with Gasteiger partial charge in [0.25, 0.3) is 0 Å². The molecular weight excluding hydrogens is 608 g/mol. The van der Waals surface area contributed by atoms with Gasteiger partial charge in [-0.3, -0.25) is 19.2 Å². The van der Waals surface area contributed by atoms with Crippen molar-refractivity contribution in [3.63, 3.8) is 0 Å². The van der Waals surface area contributed by atoms with Crippen LogP contribution in [-0.2, 0) is 66.5 Å². The Morgan fingerprint density at radius 2 is 0.457 bits per heavy atom. The van der Waals surface area contributed by atoms with Crippen LogP contribution in [0.15, 0.2) is 46.6 Å². The molecule has 0 aromatic heterocycles. The van der Waals surface area contributed by atoms with Gasteiger partial charge in [0.05, 0.1) is 132 Å². The van der Waals surface area contributed by atoms with E-state index in [2.05, 4.69) is 0 Å². The molecule has 2 aliphatic carbocycles. The van der Waals surface area contributed by atoms with Crippen molar-refractivity contribution in [1.29, 1.82) is 0 Å². The second kappa shape index (κ2) is 23.5. The van der Waals surface area contributed by atoms with Crippen molar-refractivity contribution in [3.05, 3.63) is 46.6 Å². The highest BCUT2D eigenvalue weighted by Gasteiger charge is 2.23. The zero-order valence-electron chi connectivity index (χ0n) is 26.2. The Bertz CT molecular complexity index is 944. The summed E-state index contributed by atoms with van der Waals surface area (Å²) in [7, 11) is 0. The van der Waals surface area contributed by atoms with Crippen molar-refractivity contribution < 1.29 is 66.5 Å². The van der Waals surface area contributed by atoms with Gasteiger partial charge in [0.15, 0.2) is 23.1 Å². The van der Waals surface area contributed by atoms with Crippen LogP contribution in [0.1, 0.15) is 0 Å². The third-order valence-corrected chi connectivity index (χ3v) is 6.44. The molecule has 1 heterocycles. The van der Waals surface area contributed by atoms with Crippen LogP contribution in [0.25, 0.3) is 0 Å². The van der Waals surface area contributed by atoms with E-state index in [1.54, 1.807) is 0 Å². The number of rotatable bonds is 0. The first-order valence-corrected chi connectivity index (χ1v) is 15.3. The third kappa shape index (κ3) is 15.7. The average molecular weight is 653 g/mol. The minimum Gasteiger partial charge on any atom is -0.377 e. The number of carbonyl (C=O) groups is 4. The highest BCUT2D eigenvalue weighted by molar-refractivity contribution is 6.21. The van der Waals surface area contributed by atoms with E-state index in [0.29, 0.717) is 79.3 Å². The number of allylic oxidation sites excluding steroid dienone is 4. The van der Waals surface area contributed by atoms with Crippen molar-refractivity contribution in [2.45, 2.75) is 0 Å². The molecule has 0 aromatic rings. The van der Waals surface area contributed by atoms with Gasteiger partial charge in [-0.05, 0) is 24.3 Å². The first-order valence-electron chi connectivity index (χ1n) is 15.3. The van der Waals surface area contributed by atoms with Gasteiger partial charge in [0.1, 0.15) is 0 Å². The van der Waals surface area contributed by atoms with E-state index in [0.717, 1.165) is 0 Å². The zero-order valence-corrected chi connectivity index (χ0v) is 26.2. The molecule has 1 saturated heterocycles. The largest absolute Gasteiger partial charge is 0.377 e. The summed E-state index contributed by atoms with van der Waals surface area (Å²) in [5.74, 6) is -1.13. The fourth-order valence-corrected chi connectivity index (χ4v) is 4.16. The number of ether oxygens (including phenoxy) is 10. The van der Waals surface area contributed by atoms with Crippen LogP contribution in [0.4, 0.5) is 0 Å². The predicted molar refractivity (Wildman–Crippen MR) is 161 cm³/mol. The third-order valence-electron chi connectivity index (χ3n) is 6.44. The van der Waals surface area contributed by atoms with Crippen molar-refractivity contribution in [2.75, 3.05) is 132 Å². The van der Waals surface area contributed by atoms with E-state index in [4.69, 9.17) is 47.4 Å². The SMILES string of the molecule is O=C1C=C2COCCOCCOCCOCCOCC3=CC(=O)C=C(COCCOCCOCCOCCOCC(=C1)C2=O)C3=O. The molecule has 1 fully saturated rings. The summed E-state index contributed by atoms with van der Waals surface area (Å²) >= 11 is 0. The highest BCUT2D eigenvalue weighted by Crippen LogP contribution is 2.15. The number of Topliss-reactive ketones (excluding diaryl/α,β-unsaturated/α-hetero) is 2. The van der Waals surface area contributed by atoms with E-state index in [1.165, 1.54) is 24.3 Å². The minimum absolute atomic E-state index is 0.00509. The summed E-state index contributed by atoms with van der Waals surface area (Å²) in [5.41, 5.74) is 1.09. The zero-order chi connectivity index (χ0) is 32.7. The number of hydrogen-bond donors (Lipinski definition) is 0. The van der Waals surface area contributed by atoms with E-state index >= 15 is 0 Å². The van der Waals surface area contributed by atoms with E-state index in [9.17, 15) is 19.2 Å². The monoisotopic (exact) mass is 652 g/mol. The lowest BCUT2D eigenvalue weighted by atomic mass is 9.97. The van der Waals surface area contributed by atoms with Crippen LogP contribution in [0.5, 0.6) is 0 Å². The van der Waals surface area contributed by atoms with Gasteiger partial charge in [-0.25, -0.2) is 0 Å². The molecule has 0 radical (unpaired) electrons. The molecule has 0 amide bonds. The van der Waals surface area contributed by atoms with Crippen molar-refractivity contribution in [3.8, 4) is 0 Å². The molecular formula is C32H44O14. The van der Waals surface area contributed by atoms with E-state index in [1.807, 2.05) is 0 Å². The molecule has 1 aliphatic heterocycles. The van der Waals surface area contributed by atoms with Crippen molar-refractivity contribution >= 4 is 23.1 Å². The average Bonchev–Trinajstić information content (AvgIpc) is 3.04. The van der Waals surface area contributed by atoms with Gasteiger partial charge >= 0.3 is 0 Å². The molecule has 0 saturated carbocycles. The van der Waals surface area contributed by atoms with Crippen molar-refractivity contribution in [1.82, 2.24) is 0 Å². The lowest BCUT2D eigenvalue weighted by molar-refractivity contribution is -0.116. The Hall–Kier alpha value is -2.76. The molecule has 4 bridgehead atoms. The normalized spacial score (nSPS) is 23.5. The molecule has 0 aromatic carbocycles. The number of fused-ring (bicyclic) bond motifs is 4. The molecule has 0 unspecified atom stereocenters. The van der Waals surface area contributed by atoms with Crippen LogP contribution in [-0.4, -0.2) is 155 Å². The minimum atomic E-state index is -0.285. The van der Waals surface area contributed by atoms with Gasteiger partial charge in [-0.15, -0.1) is 0 Å². The van der Waals surface area contributed by atoms with E-state index < -0.39 is 0 Å². The lowest BCUT2D eigenvalue weighted by Crippen LogP contribution is -2.22. The molecule has 256 valence electrons. The van der Waals surface area contributed by atoms with Gasteiger partial charge in [0, 0.05) is 22.3 Å². The van der Waals surface area contributed by atoms with Crippen molar-refractivity contribution in [2.24, 2.45) is 0 Å². The molecule has 14 heteroatoms. The van der Waals surface area contributed by atoms with E-state index in [-0.39, 0.29) is 98.3 Å². The Kier molecular flexibility index (Phi) is 19.3. The molecule has 46 heavy (non-hydrogen) atoms. The molecule has 0 spiro atoms. The summed E-state index contributed by atoms with van der Waals surface area (Å²) in [6.07, 6.45) is 5.10. The topological polar surface area (TPSA) is 161 Å². The number of ketones is 4. The van der Waals surface area contributed by atoms with Crippen LogP contribution in [0, 0.1) is 0 Å². The maximum atomic E-state index is 12.7.